The summed E-state index contributed by atoms with van der Waals surface area (Å²) in [5.74, 6) is 0. The first kappa shape index (κ1) is 21.0. The summed E-state index contributed by atoms with van der Waals surface area (Å²) in [6.07, 6.45) is -1.05. The van der Waals surface area contributed by atoms with Crippen LogP contribution in [0.15, 0.2) is 0 Å². The molecule has 0 heterocycles. The molecule has 22 heavy (non-hydrogen) atoms. The standard InChI is InChI=1S/C13H28N2O7/c14-1-3-18-5-7-20-9-11-22-12-10-21-8-6-19-4-2-15-13(16)17/h15H,1-12,14H2,(H,16,17). The number of ether oxygens (including phenoxy) is 5. The van der Waals surface area contributed by atoms with E-state index in [4.69, 9.17) is 34.5 Å². The van der Waals surface area contributed by atoms with Crippen LogP contribution >= 0.6 is 0 Å². The highest BCUT2D eigenvalue weighted by atomic mass is 16.6. The van der Waals surface area contributed by atoms with E-state index >= 15 is 0 Å². The number of hydrogen-bond acceptors (Lipinski definition) is 7. The van der Waals surface area contributed by atoms with Gasteiger partial charge in [-0.1, -0.05) is 0 Å². The van der Waals surface area contributed by atoms with Crippen molar-refractivity contribution in [3.8, 4) is 0 Å². The molecule has 0 rings (SSSR count). The molecular weight excluding hydrogens is 296 g/mol. The molecule has 0 aromatic heterocycles. The first-order valence-corrected chi connectivity index (χ1v) is 7.33. The van der Waals surface area contributed by atoms with Gasteiger partial charge in [0.15, 0.2) is 0 Å². The van der Waals surface area contributed by atoms with Crippen LogP contribution in [0.4, 0.5) is 4.79 Å². The van der Waals surface area contributed by atoms with E-state index in [-0.39, 0.29) is 6.54 Å². The normalized spacial score (nSPS) is 10.8. The maximum absolute atomic E-state index is 10.1. The van der Waals surface area contributed by atoms with Gasteiger partial charge in [-0.05, 0) is 0 Å². The van der Waals surface area contributed by atoms with Crippen molar-refractivity contribution in [2.45, 2.75) is 0 Å². The first-order valence-electron chi connectivity index (χ1n) is 7.33. The Morgan fingerprint density at radius 2 is 1.09 bits per heavy atom. The lowest BCUT2D eigenvalue weighted by Gasteiger charge is -2.07. The minimum Gasteiger partial charge on any atom is -0.465 e. The van der Waals surface area contributed by atoms with Gasteiger partial charge < -0.3 is 39.8 Å². The second kappa shape index (κ2) is 18.1. The summed E-state index contributed by atoms with van der Waals surface area (Å²) in [5.41, 5.74) is 5.27. The maximum atomic E-state index is 10.1. The van der Waals surface area contributed by atoms with Crippen LogP contribution in [-0.4, -0.2) is 90.4 Å². The van der Waals surface area contributed by atoms with E-state index in [0.29, 0.717) is 72.6 Å². The summed E-state index contributed by atoms with van der Waals surface area (Å²) >= 11 is 0. The molecule has 9 heteroatoms. The summed E-state index contributed by atoms with van der Waals surface area (Å²) in [6.45, 7) is 5.64. The third kappa shape index (κ3) is 19.0. The number of rotatable bonds is 17. The number of carboxylic acid groups (broad SMARTS) is 1. The lowest BCUT2D eigenvalue weighted by Crippen LogP contribution is -2.25. The van der Waals surface area contributed by atoms with Gasteiger partial charge in [-0.2, -0.15) is 0 Å². The van der Waals surface area contributed by atoms with Crippen molar-refractivity contribution in [1.29, 1.82) is 0 Å². The average Bonchev–Trinajstić information content (AvgIpc) is 2.50. The Morgan fingerprint density at radius 1 is 0.727 bits per heavy atom. The number of amides is 1. The summed E-state index contributed by atoms with van der Waals surface area (Å²) in [7, 11) is 0. The Morgan fingerprint density at radius 3 is 1.45 bits per heavy atom. The van der Waals surface area contributed by atoms with Crippen LogP contribution in [0.5, 0.6) is 0 Å². The Labute approximate surface area is 131 Å². The minimum atomic E-state index is -1.05. The van der Waals surface area contributed by atoms with E-state index in [1.165, 1.54) is 0 Å². The molecule has 0 aliphatic carbocycles. The van der Waals surface area contributed by atoms with Crippen molar-refractivity contribution in [2.24, 2.45) is 5.73 Å². The van der Waals surface area contributed by atoms with Crippen LogP contribution in [0.25, 0.3) is 0 Å². The highest BCUT2D eigenvalue weighted by Crippen LogP contribution is 1.83. The van der Waals surface area contributed by atoms with Gasteiger partial charge in [0.25, 0.3) is 0 Å². The molecule has 4 N–H and O–H groups in total. The lowest BCUT2D eigenvalue weighted by atomic mass is 10.6. The van der Waals surface area contributed by atoms with Crippen LogP contribution in [0.3, 0.4) is 0 Å². The fraction of sp³-hybridized carbons (Fsp3) is 0.923. The molecule has 1 amide bonds. The Hall–Kier alpha value is -0.970. The second-order valence-electron chi connectivity index (χ2n) is 4.08. The third-order valence-electron chi connectivity index (χ3n) is 2.27. The van der Waals surface area contributed by atoms with Crippen molar-refractivity contribution in [3.63, 3.8) is 0 Å². The molecule has 0 atom stereocenters. The average molecular weight is 324 g/mol. The van der Waals surface area contributed by atoms with Crippen LogP contribution in [0.1, 0.15) is 0 Å². The van der Waals surface area contributed by atoms with Gasteiger partial charge in [0, 0.05) is 13.1 Å². The molecular formula is C13H28N2O7. The highest BCUT2D eigenvalue weighted by molar-refractivity contribution is 5.64. The molecule has 0 spiro atoms. The SMILES string of the molecule is NCCOCCOCCOCCOCCOCCNC(=O)O. The van der Waals surface area contributed by atoms with E-state index in [1.807, 2.05) is 0 Å². The predicted molar refractivity (Wildman–Crippen MR) is 79.2 cm³/mol. The molecule has 0 aliphatic rings. The molecule has 0 unspecified atom stereocenters. The maximum Gasteiger partial charge on any atom is 0.404 e. The Bertz CT molecular complexity index is 244. The van der Waals surface area contributed by atoms with E-state index in [9.17, 15) is 4.79 Å². The molecule has 0 radical (unpaired) electrons. The molecule has 0 saturated heterocycles. The van der Waals surface area contributed by atoms with Crippen LogP contribution in [-0.2, 0) is 23.7 Å². The van der Waals surface area contributed by atoms with Gasteiger partial charge in [0.2, 0.25) is 0 Å². The van der Waals surface area contributed by atoms with Crippen molar-refractivity contribution in [2.75, 3.05) is 79.2 Å². The molecule has 0 fully saturated rings. The smallest absolute Gasteiger partial charge is 0.404 e. The van der Waals surface area contributed by atoms with E-state index in [2.05, 4.69) is 5.32 Å². The topological polar surface area (TPSA) is 122 Å². The molecule has 0 saturated carbocycles. The first-order chi connectivity index (χ1) is 10.8. The van der Waals surface area contributed by atoms with E-state index in [0.717, 1.165) is 0 Å². The fourth-order valence-electron chi connectivity index (χ4n) is 1.30. The Kier molecular flexibility index (Phi) is 17.3. The predicted octanol–water partition coefficient (Wildman–Crippen LogP) is -0.704. The lowest BCUT2D eigenvalue weighted by molar-refractivity contribution is -0.0102. The molecule has 0 aliphatic heterocycles. The van der Waals surface area contributed by atoms with E-state index < -0.39 is 6.09 Å². The zero-order valence-corrected chi connectivity index (χ0v) is 13.0. The molecule has 0 bridgehead atoms. The highest BCUT2D eigenvalue weighted by Gasteiger charge is 1.94. The second-order valence-corrected chi connectivity index (χ2v) is 4.08. The molecule has 9 nitrogen and oxygen atoms in total. The number of nitrogens with one attached hydrogen (secondary N) is 1. The van der Waals surface area contributed by atoms with Gasteiger partial charge in [0.1, 0.15) is 0 Å². The van der Waals surface area contributed by atoms with Crippen LogP contribution in [0.2, 0.25) is 0 Å². The zero-order valence-electron chi connectivity index (χ0n) is 13.0. The molecule has 0 aromatic carbocycles. The summed E-state index contributed by atoms with van der Waals surface area (Å²) in [6, 6.07) is 0. The zero-order chi connectivity index (χ0) is 16.3. The summed E-state index contributed by atoms with van der Waals surface area (Å²) < 4.78 is 26.2. The fourth-order valence-corrected chi connectivity index (χ4v) is 1.30. The van der Waals surface area contributed by atoms with Gasteiger partial charge in [-0.15, -0.1) is 0 Å². The molecule has 132 valence electrons. The van der Waals surface area contributed by atoms with Crippen LogP contribution < -0.4 is 11.1 Å². The third-order valence-corrected chi connectivity index (χ3v) is 2.27. The number of nitrogens with two attached hydrogens (primary N) is 1. The van der Waals surface area contributed by atoms with Crippen molar-refractivity contribution >= 4 is 6.09 Å². The Balaban J connectivity index is 2.95. The van der Waals surface area contributed by atoms with Gasteiger partial charge in [-0.3, -0.25) is 0 Å². The quantitative estimate of drug-likeness (QED) is 0.300. The van der Waals surface area contributed by atoms with Gasteiger partial charge in [0.05, 0.1) is 66.1 Å². The number of hydrogen-bond donors (Lipinski definition) is 3. The van der Waals surface area contributed by atoms with E-state index in [1.54, 1.807) is 0 Å². The van der Waals surface area contributed by atoms with Crippen LogP contribution in [0, 0.1) is 0 Å². The molecule has 0 aromatic rings. The number of carbonyl (C=O) groups is 1. The van der Waals surface area contributed by atoms with Gasteiger partial charge >= 0.3 is 6.09 Å². The van der Waals surface area contributed by atoms with Crippen molar-refractivity contribution < 1.29 is 33.6 Å². The monoisotopic (exact) mass is 324 g/mol. The largest absolute Gasteiger partial charge is 0.465 e. The van der Waals surface area contributed by atoms with Crippen molar-refractivity contribution in [3.05, 3.63) is 0 Å². The summed E-state index contributed by atoms with van der Waals surface area (Å²) in [5, 5.41) is 10.5. The summed E-state index contributed by atoms with van der Waals surface area (Å²) in [4.78, 5) is 10.1. The minimum absolute atomic E-state index is 0.274. The van der Waals surface area contributed by atoms with Gasteiger partial charge in [-0.25, -0.2) is 4.79 Å². The van der Waals surface area contributed by atoms with Crippen molar-refractivity contribution in [1.82, 2.24) is 5.32 Å².